The lowest BCUT2D eigenvalue weighted by molar-refractivity contribution is 0.320. The van der Waals surface area contributed by atoms with E-state index in [1.807, 2.05) is 0 Å². The molecule has 0 bridgehead atoms. The Labute approximate surface area is 130 Å². The van der Waals surface area contributed by atoms with Crippen LogP contribution in [0, 0.1) is 6.92 Å². The average Bonchev–Trinajstić information content (AvgIpc) is 2.53. The average molecular weight is 289 g/mol. The smallest absolute Gasteiger partial charge is 0.139 e. The predicted octanol–water partition coefficient (Wildman–Crippen LogP) is 4.08. The van der Waals surface area contributed by atoms with Gasteiger partial charge in [-0.05, 0) is 44.3 Å². The Hall–Kier alpha value is -2.39. The number of aromatic nitrogens is 1. The van der Waals surface area contributed by atoms with Crippen molar-refractivity contribution in [3.05, 3.63) is 65.7 Å². The van der Waals surface area contributed by atoms with Gasteiger partial charge in [0.15, 0.2) is 0 Å². The van der Waals surface area contributed by atoms with Gasteiger partial charge in [-0.25, -0.2) is 4.98 Å². The van der Waals surface area contributed by atoms with Crippen molar-refractivity contribution in [1.82, 2.24) is 9.88 Å². The van der Waals surface area contributed by atoms with Crippen molar-refractivity contribution in [3.8, 4) is 0 Å². The molecule has 0 unspecified atom stereocenters. The minimum absolute atomic E-state index is 0.862. The van der Waals surface area contributed by atoms with Crippen LogP contribution in [0.5, 0.6) is 0 Å². The molecule has 0 aliphatic carbocycles. The van der Waals surface area contributed by atoms with Crippen LogP contribution in [0.2, 0.25) is 0 Å². The highest BCUT2D eigenvalue weighted by atomic mass is 15.3. The lowest BCUT2D eigenvalue weighted by Crippen LogP contribution is -2.37. The number of hydrogen-bond acceptors (Lipinski definition) is 3. The molecule has 1 aromatic heterocycles. The number of rotatable bonds is 1. The van der Waals surface area contributed by atoms with Crippen molar-refractivity contribution in [2.45, 2.75) is 13.5 Å². The van der Waals surface area contributed by atoms with Crippen molar-refractivity contribution in [1.29, 1.82) is 0 Å². The van der Waals surface area contributed by atoms with Gasteiger partial charge in [0.25, 0.3) is 0 Å². The molecule has 2 heterocycles. The molecule has 0 saturated heterocycles. The molecule has 0 radical (unpaired) electrons. The molecule has 4 rings (SSSR count). The zero-order valence-corrected chi connectivity index (χ0v) is 13.0. The van der Waals surface area contributed by atoms with Gasteiger partial charge in [0.1, 0.15) is 5.82 Å². The van der Waals surface area contributed by atoms with Crippen LogP contribution < -0.4 is 4.90 Å². The van der Waals surface area contributed by atoms with E-state index in [-0.39, 0.29) is 0 Å². The summed E-state index contributed by atoms with van der Waals surface area (Å²) in [5, 5.41) is 1.22. The number of fused-ring (bicyclic) bond motifs is 2. The van der Waals surface area contributed by atoms with Gasteiger partial charge in [-0.1, -0.05) is 29.8 Å². The number of anilines is 2. The highest BCUT2D eigenvalue weighted by Crippen LogP contribution is 2.33. The Bertz CT molecular complexity index is 827. The summed E-state index contributed by atoms with van der Waals surface area (Å²) in [6, 6.07) is 19.2. The normalized spacial score (nSPS) is 15.1. The van der Waals surface area contributed by atoms with Gasteiger partial charge in [-0.15, -0.1) is 0 Å². The summed E-state index contributed by atoms with van der Waals surface area (Å²) < 4.78 is 0. The van der Waals surface area contributed by atoms with Crippen LogP contribution in [0.4, 0.5) is 11.5 Å². The summed E-state index contributed by atoms with van der Waals surface area (Å²) in [6.45, 7) is 3.93. The number of nitrogens with zero attached hydrogens (tertiary/aromatic N) is 3. The second kappa shape index (κ2) is 5.11. The largest absolute Gasteiger partial charge is 0.313 e. The first-order valence-corrected chi connectivity index (χ1v) is 7.62. The van der Waals surface area contributed by atoms with Gasteiger partial charge in [0, 0.05) is 23.2 Å². The van der Waals surface area contributed by atoms with Crippen molar-refractivity contribution >= 4 is 22.4 Å². The third-order valence-electron chi connectivity index (χ3n) is 4.17. The number of pyridine rings is 1. The number of benzene rings is 2. The molecule has 22 heavy (non-hydrogen) atoms. The van der Waals surface area contributed by atoms with Crippen LogP contribution in [0.15, 0.2) is 54.6 Å². The molecular formula is C19H19N3. The fourth-order valence-electron chi connectivity index (χ4n) is 3.14. The van der Waals surface area contributed by atoms with E-state index in [0.29, 0.717) is 0 Å². The molecule has 3 aromatic rings. The van der Waals surface area contributed by atoms with Crippen LogP contribution in [-0.2, 0) is 6.54 Å². The first kappa shape index (κ1) is 13.3. The van der Waals surface area contributed by atoms with Crippen LogP contribution in [0.1, 0.15) is 11.1 Å². The topological polar surface area (TPSA) is 19.4 Å². The zero-order valence-electron chi connectivity index (χ0n) is 13.0. The lowest BCUT2D eigenvalue weighted by Gasteiger charge is -2.35. The molecule has 0 fully saturated rings. The number of para-hydroxylation sites is 1. The quantitative estimate of drug-likeness (QED) is 0.673. The van der Waals surface area contributed by atoms with Gasteiger partial charge in [-0.2, -0.15) is 0 Å². The first-order chi connectivity index (χ1) is 10.7. The van der Waals surface area contributed by atoms with Crippen LogP contribution in [-0.4, -0.2) is 23.6 Å². The molecule has 0 atom stereocenters. The summed E-state index contributed by atoms with van der Waals surface area (Å²) >= 11 is 0. The van der Waals surface area contributed by atoms with E-state index in [1.54, 1.807) is 0 Å². The third kappa shape index (κ3) is 2.24. The van der Waals surface area contributed by atoms with Crippen molar-refractivity contribution in [2.75, 3.05) is 18.6 Å². The number of aryl methyl sites for hydroxylation is 1. The standard InChI is InChI=1S/C19H19N3/c1-14-8-9-18-15(10-14)11-16-12-21(2)13-22(19(16)20-18)17-6-4-3-5-7-17/h3-11H,12-13H2,1-2H3. The third-order valence-corrected chi connectivity index (χ3v) is 4.17. The minimum atomic E-state index is 0.862. The van der Waals surface area contributed by atoms with E-state index in [4.69, 9.17) is 4.98 Å². The molecular weight excluding hydrogens is 270 g/mol. The van der Waals surface area contributed by atoms with Gasteiger partial charge in [0.05, 0.1) is 12.2 Å². The lowest BCUT2D eigenvalue weighted by atomic mass is 10.1. The Morgan fingerprint density at radius 2 is 1.82 bits per heavy atom. The first-order valence-electron chi connectivity index (χ1n) is 7.62. The maximum atomic E-state index is 4.95. The Kier molecular flexibility index (Phi) is 3.09. The highest BCUT2D eigenvalue weighted by molar-refractivity contribution is 5.84. The molecule has 110 valence electrons. The number of hydrogen-bond donors (Lipinski definition) is 0. The second-order valence-electron chi connectivity index (χ2n) is 6.09. The van der Waals surface area contributed by atoms with Crippen molar-refractivity contribution in [2.24, 2.45) is 0 Å². The second-order valence-corrected chi connectivity index (χ2v) is 6.09. The van der Waals surface area contributed by atoms with Crippen LogP contribution >= 0.6 is 0 Å². The molecule has 2 aromatic carbocycles. The van der Waals surface area contributed by atoms with E-state index in [1.165, 1.54) is 22.2 Å². The zero-order chi connectivity index (χ0) is 15.1. The Morgan fingerprint density at radius 1 is 1.00 bits per heavy atom. The van der Waals surface area contributed by atoms with Crippen LogP contribution in [0.3, 0.4) is 0 Å². The molecule has 0 saturated carbocycles. The summed E-state index contributed by atoms with van der Waals surface area (Å²) in [6.07, 6.45) is 0. The molecule has 0 spiro atoms. The van der Waals surface area contributed by atoms with E-state index >= 15 is 0 Å². The van der Waals surface area contributed by atoms with E-state index < -0.39 is 0 Å². The fraction of sp³-hybridized carbons (Fsp3) is 0.211. The van der Waals surface area contributed by atoms with Crippen molar-refractivity contribution < 1.29 is 0 Å². The summed E-state index contributed by atoms with van der Waals surface area (Å²) in [5.74, 6) is 1.08. The molecule has 0 N–H and O–H groups in total. The van der Waals surface area contributed by atoms with Crippen molar-refractivity contribution in [3.63, 3.8) is 0 Å². The summed E-state index contributed by atoms with van der Waals surface area (Å²) in [5.41, 5.74) is 4.82. The minimum Gasteiger partial charge on any atom is -0.313 e. The van der Waals surface area contributed by atoms with E-state index in [9.17, 15) is 0 Å². The van der Waals surface area contributed by atoms with E-state index in [0.717, 1.165) is 24.5 Å². The molecule has 3 heteroatoms. The maximum absolute atomic E-state index is 4.95. The van der Waals surface area contributed by atoms with Gasteiger partial charge in [-0.3, -0.25) is 4.90 Å². The fourth-order valence-corrected chi connectivity index (χ4v) is 3.14. The van der Waals surface area contributed by atoms with Crippen LogP contribution in [0.25, 0.3) is 10.9 Å². The van der Waals surface area contributed by atoms with Gasteiger partial charge < -0.3 is 4.90 Å². The Morgan fingerprint density at radius 3 is 2.64 bits per heavy atom. The highest BCUT2D eigenvalue weighted by Gasteiger charge is 2.23. The Balaban J connectivity index is 1.90. The summed E-state index contributed by atoms with van der Waals surface area (Å²) in [7, 11) is 2.15. The predicted molar refractivity (Wildman–Crippen MR) is 91.4 cm³/mol. The maximum Gasteiger partial charge on any atom is 0.139 e. The molecule has 3 nitrogen and oxygen atoms in total. The summed E-state index contributed by atoms with van der Waals surface area (Å²) in [4.78, 5) is 9.56. The van der Waals surface area contributed by atoms with Gasteiger partial charge >= 0.3 is 0 Å². The molecule has 0 amide bonds. The monoisotopic (exact) mass is 289 g/mol. The molecule has 1 aliphatic rings. The SMILES string of the molecule is Cc1ccc2nc3c(cc2c1)CN(C)CN3c1ccccc1. The van der Waals surface area contributed by atoms with E-state index in [2.05, 4.69) is 78.4 Å². The van der Waals surface area contributed by atoms with Gasteiger partial charge in [0.2, 0.25) is 0 Å². The molecule has 1 aliphatic heterocycles.